The van der Waals surface area contributed by atoms with Crippen LogP contribution in [0.3, 0.4) is 0 Å². The van der Waals surface area contributed by atoms with Gasteiger partial charge in [0.2, 0.25) is 0 Å². The first kappa shape index (κ1) is 10.2. The van der Waals surface area contributed by atoms with Crippen molar-refractivity contribution in [3.8, 4) is 0 Å². The molecule has 4 heteroatoms. The molecule has 0 aromatic carbocycles. The van der Waals surface area contributed by atoms with Crippen LogP contribution in [0.2, 0.25) is 0 Å². The van der Waals surface area contributed by atoms with Gasteiger partial charge >= 0.3 is 0 Å². The lowest BCUT2D eigenvalue weighted by Crippen LogP contribution is -1.98. The highest BCUT2D eigenvalue weighted by molar-refractivity contribution is 6.16. The molecule has 2 aromatic heterocycles. The average Bonchev–Trinajstić information content (AvgIpc) is 2.76. The molecule has 2 rings (SSSR count). The van der Waals surface area contributed by atoms with Gasteiger partial charge in [-0.2, -0.15) is 0 Å². The first-order chi connectivity index (χ1) is 7.38. The van der Waals surface area contributed by atoms with E-state index in [-0.39, 0.29) is 0 Å². The Balaban J connectivity index is 1.93. The Labute approximate surface area is 93.7 Å². The summed E-state index contributed by atoms with van der Waals surface area (Å²) >= 11 is 5.67. The summed E-state index contributed by atoms with van der Waals surface area (Å²) in [6.07, 6.45) is 8.43. The zero-order valence-electron chi connectivity index (χ0n) is 8.31. The van der Waals surface area contributed by atoms with Gasteiger partial charge in [-0.1, -0.05) is 6.07 Å². The number of aromatic nitrogens is 3. The number of aryl methyl sites for hydroxylation is 2. The molecule has 78 valence electrons. The van der Waals surface area contributed by atoms with E-state index in [1.54, 1.807) is 6.20 Å². The van der Waals surface area contributed by atoms with E-state index in [4.69, 9.17) is 11.6 Å². The molecule has 0 atom stereocenters. The standard InChI is InChI=1S/C11H12ClN3/c12-6-11-8-15(9-14-11)5-3-10-2-1-4-13-7-10/h1-2,4,7-9H,3,5-6H2. The van der Waals surface area contributed by atoms with Crippen LogP contribution in [0, 0.1) is 0 Å². The summed E-state index contributed by atoms with van der Waals surface area (Å²) < 4.78 is 2.05. The van der Waals surface area contributed by atoms with Crippen LogP contribution in [0.5, 0.6) is 0 Å². The summed E-state index contributed by atoms with van der Waals surface area (Å²) in [5.41, 5.74) is 2.15. The molecule has 2 heterocycles. The molecular formula is C11H12ClN3. The van der Waals surface area contributed by atoms with Gasteiger partial charge in [-0.05, 0) is 18.1 Å². The number of rotatable bonds is 4. The Hall–Kier alpha value is -1.35. The quantitative estimate of drug-likeness (QED) is 0.742. The fraction of sp³-hybridized carbons (Fsp3) is 0.273. The third-order valence-electron chi connectivity index (χ3n) is 2.21. The van der Waals surface area contributed by atoms with Crippen molar-refractivity contribution in [2.24, 2.45) is 0 Å². The van der Waals surface area contributed by atoms with E-state index in [0.29, 0.717) is 5.88 Å². The van der Waals surface area contributed by atoms with Crippen LogP contribution in [-0.2, 0) is 18.8 Å². The summed E-state index contributed by atoms with van der Waals surface area (Å²) in [7, 11) is 0. The van der Waals surface area contributed by atoms with Gasteiger partial charge in [-0.3, -0.25) is 4.98 Å². The summed E-state index contributed by atoms with van der Waals surface area (Å²) in [6, 6.07) is 4.03. The predicted octanol–water partition coefficient (Wildman–Crippen LogP) is 2.26. The van der Waals surface area contributed by atoms with E-state index < -0.39 is 0 Å². The highest BCUT2D eigenvalue weighted by Gasteiger charge is 1.97. The molecule has 0 saturated heterocycles. The Bertz CT molecular complexity index is 411. The molecule has 0 spiro atoms. The highest BCUT2D eigenvalue weighted by Crippen LogP contribution is 2.03. The normalized spacial score (nSPS) is 10.5. The molecule has 0 N–H and O–H groups in total. The van der Waals surface area contributed by atoms with Crippen molar-refractivity contribution in [2.75, 3.05) is 0 Å². The number of imidazole rings is 1. The van der Waals surface area contributed by atoms with Crippen molar-refractivity contribution in [2.45, 2.75) is 18.8 Å². The van der Waals surface area contributed by atoms with Crippen molar-refractivity contribution in [1.29, 1.82) is 0 Å². The third-order valence-corrected chi connectivity index (χ3v) is 2.48. The SMILES string of the molecule is ClCc1cn(CCc2cccnc2)cn1. The lowest BCUT2D eigenvalue weighted by atomic mass is 10.2. The van der Waals surface area contributed by atoms with Crippen molar-refractivity contribution in [1.82, 2.24) is 14.5 Å². The molecule has 0 bridgehead atoms. The highest BCUT2D eigenvalue weighted by atomic mass is 35.5. The molecule has 15 heavy (non-hydrogen) atoms. The fourth-order valence-electron chi connectivity index (χ4n) is 1.40. The topological polar surface area (TPSA) is 30.7 Å². The van der Waals surface area contributed by atoms with Gasteiger partial charge in [0, 0.05) is 25.1 Å². The van der Waals surface area contributed by atoms with Crippen LogP contribution in [0.15, 0.2) is 37.1 Å². The summed E-state index contributed by atoms with van der Waals surface area (Å²) in [5.74, 6) is 0.472. The largest absolute Gasteiger partial charge is 0.337 e. The molecule has 0 aliphatic carbocycles. The molecule has 2 aromatic rings. The molecule has 0 saturated carbocycles. The van der Waals surface area contributed by atoms with Crippen molar-refractivity contribution in [3.63, 3.8) is 0 Å². The summed E-state index contributed by atoms with van der Waals surface area (Å²) in [5, 5.41) is 0. The van der Waals surface area contributed by atoms with Crippen molar-refractivity contribution in [3.05, 3.63) is 48.3 Å². The van der Waals surface area contributed by atoms with Crippen LogP contribution in [0.4, 0.5) is 0 Å². The minimum Gasteiger partial charge on any atom is -0.337 e. The maximum atomic E-state index is 5.67. The minimum absolute atomic E-state index is 0.472. The van der Waals surface area contributed by atoms with Crippen molar-refractivity contribution >= 4 is 11.6 Å². The maximum Gasteiger partial charge on any atom is 0.0950 e. The smallest absolute Gasteiger partial charge is 0.0950 e. The first-order valence-electron chi connectivity index (χ1n) is 4.84. The average molecular weight is 222 g/mol. The second-order valence-corrected chi connectivity index (χ2v) is 3.61. The van der Waals surface area contributed by atoms with Gasteiger partial charge in [-0.15, -0.1) is 11.6 Å². The Morgan fingerprint density at radius 1 is 1.40 bits per heavy atom. The van der Waals surface area contributed by atoms with E-state index in [1.165, 1.54) is 5.56 Å². The number of hydrogen-bond donors (Lipinski definition) is 0. The summed E-state index contributed by atoms with van der Waals surface area (Å²) in [4.78, 5) is 8.23. The van der Waals surface area contributed by atoms with Crippen LogP contribution >= 0.6 is 11.6 Å². The number of nitrogens with zero attached hydrogens (tertiary/aromatic N) is 3. The molecule has 0 aliphatic rings. The Kier molecular flexibility index (Phi) is 3.35. The minimum atomic E-state index is 0.472. The van der Waals surface area contributed by atoms with Crippen molar-refractivity contribution < 1.29 is 0 Å². The number of hydrogen-bond acceptors (Lipinski definition) is 2. The van der Waals surface area contributed by atoms with Gasteiger partial charge in [0.15, 0.2) is 0 Å². The zero-order valence-corrected chi connectivity index (χ0v) is 9.06. The second-order valence-electron chi connectivity index (χ2n) is 3.35. The molecular weight excluding hydrogens is 210 g/mol. The monoisotopic (exact) mass is 221 g/mol. The molecule has 0 aliphatic heterocycles. The lowest BCUT2D eigenvalue weighted by molar-refractivity contribution is 0.694. The Morgan fingerprint density at radius 2 is 2.33 bits per heavy atom. The third kappa shape index (κ3) is 2.80. The second kappa shape index (κ2) is 4.94. The van der Waals surface area contributed by atoms with Crippen LogP contribution in [0.1, 0.15) is 11.3 Å². The molecule has 3 nitrogen and oxygen atoms in total. The fourth-order valence-corrected chi connectivity index (χ4v) is 1.54. The van der Waals surface area contributed by atoms with E-state index in [0.717, 1.165) is 18.7 Å². The van der Waals surface area contributed by atoms with Crippen LogP contribution < -0.4 is 0 Å². The summed E-state index contributed by atoms with van der Waals surface area (Å²) in [6.45, 7) is 0.912. The molecule has 0 fully saturated rings. The van der Waals surface area contributed by atoms with E-state index in [1.807, 2.05) is 29.4 Å². The van der Waals surface area contributed by atoms with Gasteiger partial charge in [0.05, 0.1) is 17.9 Å². The zero-order chi connectivity index (χ0) is 10.5. The first-order valence-corrected chi connectivity index (χ1v) is 5.37. The maximum absolute atomic E-state index is 5.67. The van der Waals surface area contributed by atoms with Gasteiger partial charge in [0.1, 0.15) is 0 Å². The van der Waals surface area contributed by atoms with Crippen LogP contribution in [-0.4, -0.2) is 14.5 Å². The van der Waals surface area contributed by atoms with Gasteiger partial charge in [-0.25, -0.2) is 4.98 Å². The lowest BCUT2D eigenvalue weighted by Gasteiger charge is -2.01. The molecule has 0 amide bonds. The predicted molar refractivity (Wildman–Crippen MR) is 59.7 cm³/mol. The van der Waals surface area contributed by atoms with E-state index in [2.05, 4.69) is 16.0 Å². The number of pyridine rings is 1. The molecule has 0 unspecified atom stereocenters. The van der Waals surface area contributed by atoms with Crippen LogP contribution in [0.25, 0.3) is 0 Å². The number of halogens is 1. The van der Waals surface area contributed by atoms with E-state index >= 15 is 0 Å². The van der Waals surface area contributed by atoms with E-state index in [9.17, 15) is 0 Å². The van der Waals surface area contributed by atoms with Gasteiger partial charge < -0.3 is 4.57 Å². The Morgan fingerprint density at radius 3 is 3.00 bits per heavy atom. The number of alkyl halides is 1. The van der Waals surface area contributed by atoms with Gasteiger partial charge in [0.25, 0.3) is 0 Å². The molecule has 0 radical (unpaired) electrons.